The number of hydrogen-bond acceptors (Lipinski definition) is 3. The highest BCUT2D eigenvalue weighted by molar-refractivity contribution is 5.70. The van der Waals surface area contributed by atoms with Crippen LogP contribution >= 0.6 is 0 Å². The standard InChI is InChI=1S/C14H21NO2/c1-10(2)12-5-7-13(8-6-12)15-11(3)9-14(16)17-4/h5-8,10-11,15H,9H2,1-4H3. The fourth-order valence-electron chi connectivity index (χ4n) is 1.63. The summed E-state index contributed by atoms with van der Waals surface area (Å²) in [4.78, 5) is 11.1. The molecule has 0 radical (unpaired) electrons. The van der Waals surface area contributed by atoms with Crippen molar-refractivity contribution in [3.8, 4) is 0 Å². The zero-order valence-corrected chi connectivity index (χ0v) is 11.0. The van der Waals surface area contributed by atoms with Crippen molar-refractivity contribution in [2.75, 3.05) is 12.4 Å². The normalized spacial score (nSPS) is 12.3. The van der Waals surface area contributed by atoms with Crippen LogP contribution in [0.5, 0.6) is 0 Å². The summed E-state index contributed by atoms with van der Waals surface area (Å²) in [6.45, 7) is 6.30. The topological polar surface area (TPSA) is 38.3 Å². The fourth-order valence-corrected chi connectivity index (χ4v) is 1.63. The Labute approximate surface area is 103 Å². The number of methoxy groups -OCH3 is 1. The molecule has 0 amide bonds. The number of carbonyl (C=O) groups is 1. The fraction of sp³-hybridized carbons (Fsp3) is 0.500. The average molecular weight is 235 g/mol. The van der Waals surface area contributed by atoms with Crippen LogP contribution in [0.2, 0.25) is 0 Å². The van der Waals surface area contributed by atoms with Crippen molar-refractivity contribution >= 4 is 11.7 Å². The first kappa shape index (κ1) is 13.6. The molecule has 1 rings (SSSR count). The molecule has 0 aliphatic carbocycles. The van der Waals surface area contributed by atoms with E-state index in [4.69, 9.17) is 0 Å². The lowest BCUT2D eigenvalue weighted by atomic mass is 10.0. The van der Waals surface area contributed by atoms with Crippen LogP contribution in [0.25, 0.3) is 0 Å². The summed E-state index contributed by atoms with van der Waals surface area (Å²) in [6.07, 6.45) is 0.377. The van der Waals surface area contributed by atoms with E-state index in [0.717, 1.165) is 5.69 Å². The zero-order valence-electron chi connectivity index (χ0n) is 11.0. The Balaban J connectivity index is 2.54. The Hall–Kier alpha value is -1.51. The summed E-state index contributed by atoms with van der Waals surface area (Å²) in [7, 11) is 1.41. The number of hydrogen-bond donors (Lipinski definition) is 1. The van der Waals surface area contributed by atoms with Gasteiger partial charge in [-0.2, -0.15) is 0 Å². The maximum atomic E-state index is 11.1. The quantitative estimate of drug-likeness (QED) is 0.797. The lowest BCUT2D eigenvalue weighted by Crippen LogP contribution is -2.20. The Bertz CT molecular complexity index is 357. The van der Waals surface area contributed by atoms with Crippen LogP contribution in [0.3, 0.4) is 0 Å². The molecule has 0 spiro atoms. The molecule has 0 aliphatic rings. The molecule has 17 heavy (non-hydrogen) atoms. The summed E-state index contributed by atoms with van der Waals surface area (Å²) in [5, 5.41) is 3.27. The van der Waals surface area contributed by atoms with Gasteiger partial charge in [-0.3, -0.25) is 4.79 Å². The van der Waals surface area contributed by atoms with Gasteiger partial charge in [0.25, 0.3) is 0 Å². The molecule has 1 aromatic carbocycles. The molecule has 94 valence electrons. The number of carbonyl (C=O) groups excluding carboxylic acids is 1. The van der Waals surface area contributed by atoms with Gasteiger partial charge in [-0.25, -0.2) is 0 Å². The first-order chi connectivity index (χ1) is 8.02. The lowest BCUT2D eigenvalue weighted by Gasteiger charge is -2.14. The SMILES string of the molecule is COC(=O)CC(C)Nc1ccc(C(C)C)cc1. The molecule has 1 atom stereocenters. The third-order valence-corrected chi connectivity index (χ3v) is 2.69. The van der Waals surface area contributed by atoms with Crippen molar-refractivity contribution in [3.05, 3.63) is 29.8 Å². The molecule has 0 aromatic heterocycles. The molecule has 3 nitrogen and oxygen atoms in total. The van der Waals surface area contributed by atoms with E-state index in [0.29, 0.717) is 12.3 Å². The minimum atomic E-state index is -0.191. The van der Waals surface area contributed by atoms with Crippen LogP contribution in [0.4, 0.5) is 5.69 Å². The van der Waals surface area contributed by atoms with Crippen LogP contribution in [-0.2, 0) is 9.53 Å². The number of ether oxygens (including phenoxy) is 1. The largest absolute Gasteiger partial charge is 0.469 e. The first-order valence-electron chi connectivity index (χ1n) is 5.96. The minimum absolute atomic E-state index is 0.0762. The van der Waals surface area contributed by atoms with Crippen LogP contribution in [-0.4, -0.2) is 19.1 Å². The third kappa shape index (κ3) is 4.47. The maximum absolute atomic E-state index is 11.1. The van der Waals surface area contributed by atoms with Gasteiger partial charge in [-0.05, 0) is 30.5 Å². The Kier molecular flexibility index (Phi) is 5.01. The molecule has 3 heteroatoms. The van der Waals surface area contributed by atoms with E-state index in [1.165, 1.54) is 12.7 Å². The monoisotopic (exact) mass is 235 g/mol. The zero-order chi connectivity index (χ0) is 12.8. The van der Waals surface area contributed by atoms with E-state index < -0.39 is 0 Å². The van der Waals surface area contributed by atoms with E-state index in [1.54, 1.807) is 0 Å². The third-order valence-electron chi connectivity index (χ3n) is 2.69. The molecule has 0 saturated heterocycles. The first-order valence-corrected chi connectivity index (χ1v) is 5.96. The molecule has 1 unspecified atom stereocenters. The predicted octanol–water partition coefficient (Wildman–Crippen LogP) is 3.17. The predicted molar refractivity (Wildman–Crippen MR) is 70.2 cm³/mol. The number of benzene rings is 1. The Morgan fingerprint density at radius 1 is 1.24 bits per heavy atom. The molecule has 0 heterocycles. The molecule has 0 aliphatic heterocycles. The van der Waals surface area contributed by atoms with Gasteiger partial charge < -0.3 is 10.1 Å². The summed E-state index contributed by atoms with van der Waals surface area (Å²) >= 11 is 0. The smallest absolute Gasteiger partial charge is 0.307 e. The summed E-state index contributed by atoms with van der Waals surface area (Å²) in [6, 6.07) is 8.38. The van der Waals surface area contributed by atoms with Crippen LogP contribution in [0.1, 0.15) is 38.7 Å². The molecule has 0 saturated carbocycles. The van der Waals surface area contributed by atoms with Gasteiger partial charge in [0, 0.05) is 11.7 Å². The highest BCUT2D eigenvalue weighted by atomic mass is 16.5. The Morgan fingerprint density at radius 3 is 2.29 bits per heavy atom. The number of rotatable bonds is 5. The van der Waals surface area contributed by atoms with Crippen molar-refractivity contribution in [2.45, 2.75) is 39.2 Å². The van der Waals surface area contributed by atoms with Crippen LogP contribution < -0.4 is 5.32 Å². The van der Waals surface area contributed by atoms with Crippen molar-refractivity contribution in [1.29, 1.82) is 0 Å². The second-order valence-electron chi connectivity index (χ2n) is 4.60. The molecule has 1 aromatic rings. The van der Waals surface area contributed by atoms with Crippen molar-refractivity contribution in [1.82, 2.24) is 0 Å². The summed E-state index contributed by atoms with van der Waals surface area (Å²) in [5.74, 6) is 0.348. The Morgan fingerprint density at radius 2 is 1.82 bits per heavy atom. The second-order valence-corrected chi connectivity index (χ2v) is 4.60. The van der Waals surface area contributed by atoms with E-state index in [1.807, 2.05) is 19.1 Å². The molecule has 0 bridgehead atoms. The number of esters is 1. The molecule has 0 fully saturated rings. The highest BCUT2D eigenvalue weighted by Crippen LogP contribution is 2.18. The van der Waals surface area contributed by atoms with Gasteiger partial charge in [0.2, 0.25) is 0 Å². The molecule has 1 N–H and O–H groups in total. The van der Waals surface area contributed by atoms with E-state index in [2.05, 4.69) is 36.0 Å². The van der Waals surface area contributed by atoms with E-state index >= 15 is 0 Å². The van der Waals surface area contributed by atoms with Crippen molar-refractivity contribution in [3.63, 3.8) is 0 Å². The average Bonchev–Trinajstić information content (AvgIpc) is 2.29. The van der Waals surface area contributed by atoms with E-state index in [9.17, 15) is 4.79 Å². The van der Waals surface area contributed by atoms with Gasteiger partial charge >= 0.3 is 5.97 Å². The summed E-state index contributed by atoms with van der Waals surface area (Å²) < 4.78 is 4.63. The highest BCUT2D eigenvalue weighted by Gasteiger charge is 2.08. The minimum Gasteiger partial charge on any atom is -0.469 e. The van der Waals surface area contributed by atoms with Crippen LogP contribution in [0.15, 0.2) is 24.3 Å². The van der Waals surface area contributed by atoms with E-state index in [-0.39, 0.29) is 12.0 Å². The maximum Gasteiger partial charge on any atom is 0.307 e. The summed E-state index contributed by atoms with van der Waals surface area (Å²) in [5.41, 5.74) is 2.35. The van der Waals surface area contributed by atoms with Gasteiger partial charge in [0.15, 0.2) is 0 Å². The van der Waals surface area contributed by atoms with Crippen molar-refractivity contribution < 1.29 is 9.53 Å². The van der Waals surface area contributed by atoms with Gasteiger partial charge in [0.05, 0.1) is 13.5 Å². The van der Waals surface area contributed by atoms with Gasteiger partial charge in [0.1, 0.15) is 0 Å². The van der Waals surface area contributed by atoms with Gasteiger partial charge in [-0.15, -0.1) is 0 Å². The number of anilines is 1. The molecular weight excluding hydrogens is 214 g/mol. The molecular formula is C14H21NO2. The second kappa shape index (κ2) is 6.28. The van der Waals surface area contributed by atoms with Crippen molar-refractivity contribution in [2.24, 2.45) is 0 Å². The lowest BCUT2D eigenvalue weighted by molar-refractivity contribution is -0.140. The van der Waals surface area contributed by atoms with Crippen LogP contribution in [0, 0.1) is 0 Å². The van der Waals surface area contributed by atoms with Gasteiger partial charge in [-0.1, -0.05) is 26.0 Å². The number of nitrogens with one attached hydrogen (secondary N) is 1.